The van der Waals surface area contributed by atoms with Crippen LogP contribution in [0.4, 0.5) is 5.69 Å². The van der Waals surface area contributed by atoms with Gasteiger partial charge in [0.05, 0.1) is 31.0 Å². The molecule has 2 aromatic rings. The van der Waals surface area contributed by atoms with Gasteiger partial charge >= 0.3 is 0 Å². The van der Waals surface area contributed by atoms with Gasteiger partial charge in [0.2, 0.25) is 5.88 Å². The zero-order valence-corrected chi connectivity index (χ0v) is 9.14. The third-order valence-electron chi connectivity index (χ3n) is 2.11. The lowest BCUT2D eigenvalue weighted by Gasteiger charge is -2.05. The van der Waals surface area contributed by atoms with Gasteiger partial charge in [-0.2, -0.15) is 0 Å². The number of furan rings is 1. The van der Waals surface area contributed by atoms with Gasteiger partial charge < -0.3 is 14.5 Å². The fourth-order valence-corrected chi connectivity index (χ4v) is 1.32. The van der Waals surface area contributed by atoms with Gasteiger partial charge in [-0.15, -0.1) is 0 Å². The van der Waals surface area contributed by atoms with E-state index in [9.17, 15) is 0 Å². The van der Waals surface area contributed by atoms with Crippen molar-refractivity contribution in [1.82, 2.24) is 4.98 Å². The molecule has 0 aliphatic carbocycles. The summed E-state index contributed by atoms with van der Waals surface area (Å²) in [5.74, 6) is 0.649. The highest BCUT2D eigenvalue weighted by Gasteiger charge is 1.97. The Morgan fingerprint density at radius 1 is 1.38 bits per heavy atom. The highest BCUT2D eigenvalue weighted by atomic mass is 16.5. The zero-order chi connectivity index (χ0) is 11.2. The first-order chi connectivity index (χ1) is 7.88. The third kappa shape index (κ3) is 2.76. The lowest BCUT2D eigenvalue weighted by atomic mass is 10.3. The Balaban J connectivity index is 1.90. The molecule has 0 aliphatic heterocycles. The Labute approximate surface area is 94.3 Å². The molecule has 2 aromatic heterocycles. The van der Waals surface area contributed by atoms with Crippen molar-refractivity contribution in [2.24, 2.45) is 0 Å². The van der Waals surface area contributed by atoms with E-state index >= 15 is 0 Å². The number of pyridine rings is 1. The number of rotatable bonds is 5. The van der Waals surface area contributed by atoms with Gasteiger partial charge in [0.15, 0.2) is 0 Å². The Morgan fingerprint density at radius 3 is 2.94 bits per heavy atom. The summed E-state index contributed by atoms with van der Waals surface area (Å²) in [7, 11) is 0. The molecule has 0 saturated carbocycles. The van der Waals surface area contributed by atoms with E-state index in [-0.39, 0.29) is 0 Å². The van der Waals surface area contributed by atoms with Crippen molar-refractivity contribution in [3.8, 4) is 5.88 Å². The molecule has 84 valence electrons. The van der Waals surface area contributed by atoms with Crippen molar-refractivity contribution in [3.05, 3.63) is 42.5 Å². The molecular formula is C12H14N2O2. The van der Waals surface area contributed by atoms with Gasteiger partial charge in [0.1, 0.15) is 0 Å². The average molecular weight is 218 g/mol. The predicted molar refractivity (Wildman–Crippen MR) is 61.4 cm³/mol. The molecule has 0 unspecified atom stereocenters. The quantitative estimate of drug-likeness (QED) is 0.838. The van der Waals surface area contributed by atoms with Crippen LogP contribution in [0.1, 0.15) is 12.5 Å². The molecular weight excluding hydrogens is 204 g/mol. The molecule has 4 nitrogen and oxygen atoms in total. The monoisotopic (exact) mass is 218 g/mol. The number of nitrogens with one attached hydrogen (secondary N) is 1. The number of anilines is 1. The summed E-state index contributed by atoms with van der Waals surface area (Å²) in [6.07, 6.45) is 5.13. The summed E-state index contributed by atoms with van der Waals surface area (Å²) in [5.41, 5.74) is 2.07. The fourth-order valence-electron chi connectivity index (χ4n) is 1.32. The second-order valence-corrected chi connectivity index (χ2v) is 3.30. The van der Waals surface area contributed by atoms with Gasteiger partial charge in [0.25, 0.3) is 0 Å². The van der Waals surface area contributed by atoms with Crippen LogP contribution in [-0.2, 0) is 6.54 Å². The van der Waals surface area contributed by atoms with E-state index in [4.69, 9.17) is 9.15 Å². The van der Waals surface area contributed by atoms with E-state index in [0.717, 1.165) is 17.8 Å². The van der Waals surface area contributed by atoms with E-state index in [2.05, 4.69) is 10.3 Å². The first-order valence-corrected chi connectivity index (χ1v) is 5.22. The van der Waals surface area contributed by atoms with Gasteiger partial charge in [-0.05, 0) is 19.1 Å². The van der Waals surface area contributed by atoms with Crippen LogP contribution in [0.2, 0.25) is 0 Å². The van der Waals surface area contributed by atoms with Crippen molar-refractivity contribution in [3.63, 3.8) is 0 Å². The highest BCUT2D eigenvalue weighted by molar-refractivity contribution is 5.42. The number of hydrogen-bond acceptors (Lipinski definition) is 4. The second-order valence-electron chi connectivity index (χ2n) is 3.30. The Hall–Kier alpha value is -1.97. The lowest BCUT2D eigenvalue weighted by molar-refractivity contribution is 0.327. The first kappa shape index (κ1) is 10.5. The van der Waals surface area contributed by atoms with Crippen LogP contribution in [0.3, 0.4) is 0 Å². The molecule has 16 heavy (non-hydrogen) atoms. The summed E-state index contributed by atoms with van der Waals surface area (Å²) >= 11 is 0. The van der Waals surface area contributed by atoms with E-state index in [0.29, 0.717) is 12.5 Å². The molecule has 0 amide bonds. The number of nitrogens with zero attached hydrogens (tertiary/aromatic N) is 1. The predicted octanol–water partition coefficient (Wildman–Crippen LogP) is 2.69. The van der Waals surface area contributed by atoms with E-state index < -0.39 is 0 Å². The SMILES string of the molecule is CCOc1ccc(NCc2ccoc2)cn1. The van der Waals surface area contributed by atoms with Crippen LogP contribution in [0, 0.1) is 0 Å². The molecule has 0 aliphatic rings. The van der Waals surface area contributed by atoms with Crippen LogP contribution in [0.5, 0.6) is 5.88 Å². The smallest absolute Gasteiger partial charge is 0.213 e. The van der Waals surface area contributed by atoms with Gasteiger partial charge in [-0.1, -0.05) is 0 Å². The van der Waals surface area contributed by atoms with Crippen LogP contribution < -0.4 is 10.1 Å². The van der Waals surface area contributed by atoms with Gasteiger partial charge in [-0.25, -0.2) is 4.98 Å². The first-order valence-electron chi connectivity index (χ1n) is 5.22. The van der Waals surface area contributed by atoms with Crippen molar-refractivity contribution in [2.75, 3.05) is 11.9 Å². The molecule has 0 atom stereocenters. The zero-order valence-electron chi connectivity index (χ0n) is 9.14. The molecule has 4 heteroatoms. The Bertz CT molecular complexity index is 409. The largest absolute Gasteiger partial charge is 0.478 e. The fraction of sp³-hybridized carbons (Fsp3) is 0.250. The van der Waals surface area contributed by atoms with Crippen molar-refractivity contribution >= 4 is 5.69 Å². The lowest BCUT2D eigenvalue weighted by Crippen LogP contribution is -1.99. The molecule has 0 fully saturated rings. The molecule has 0 saturated heterocycles. The standard InChI is InChI=1S/C12H14N2O2/c1-2-16-12-4-3-11(8-14-12)13-7-10-5-6-15-9-10/h3-6,8-9,13H,2,7H2,1H3. The van der Waals surface area contributed by atoms with Crippen LogP contribution >= 0.6 is 0 Å². The highest BCUT2D eigenvalue weighted by Crippen LogP contribution is 2.12. The number of hydrogen-bond donors (Lipinski definition) is 1. The van der Waals surface area contributed by atoms with Crippen LogP contribution in [-0.4, -0.2) is 11.6 Å². The third-order valence-corrected chi connectivity index (χ3v) is 2.11. The normalized spacial score (nSPS) is 10.1. The van der Waals surface area contributed by atoms with E-state index in [1.807, 2.05) is 25.1 Å². The Morgan fingerprint density at radius 2 is 2.31 bits per heavy atom. The van der Waals surface area contributed by atoms with Crippen molar-refractivity contribution in [1.29, 1.82) is 0 Å². The van der Waals surface area contributed by atoms with E-state index in [1.54, 1.807) is 18.7 Å². The minimum Gasteiger partial charge on any atom is -0.478 e. The maximum absolute atomic E-state index is 5.26. The molecule has 0 radical (unpaired) electrons. The maximum atomic E-state index is 5.26. The summed E-state index contributed by atoms with van der Waals surface area (Å²) in [6.45, 7) is 3.30. The molecule has 2 heterocycles. The summed E-state index contributed by atoms with van der Waals surface area (Å²) in [4.78, 5) is 4.16. The van der Waals surface area contributed by atoms with Crippen LogP contribution in [0.25, 0.3) is 0 Å². The van der Waals surface area contributed by atoms with Crippen LogP contribution in [0.15, 0.2) is 41.3 Å². The molecule has 0 aromatic carbocycles. The second kappa shape index (κ2) is 5.21. The topological polar surface area (TPSA) is 47.3 Å². The Kier molecular flexibility index (Phi) is 3.43. The molecule has 2 rings (SSSR count). The van der Waals surface area contributed by atoms with E-state index in [1.165, 1.54) is 0 Å². The summed E-state index contributed by atoms with van der Waals surface area (Å²) < 4.78 is 10.2. The molecule has 1 N–H and O–H groups in total. The summed E-state index contributed by atoms with van der Waals surface area (Å²) in [5, 5.41) is 3.24. The average Bonchev–Trinajstić information content (AvgIpc) is 2.82. The minimum absolute atomic E-state index is 0.634. The minimum atomic E-state index is 0.634. The molecule has 0 spiro atoms. The van der Waals surface area contributed by atoms with Gasteiger partial charge in [-0.3, -0.25) is 0 Å². The molecule has 0 bridgehead atoms. The maximum Gasteiger partial charge on any atom is 0.213 e. The van der Waals surface area contributed by atoms with Crippen molar-refractivity contribution in [2.45, 2.75) is 13.5 Å². The van der Waals surface area contributed by atoms with Crippen molar-refractivity contribution < 1.29 is 9.15 Å². The number of aromatic nitrogens is 1. The van der Waals surface area contributed by atoms with Gasteiger partial charge in [0, 0.05) is 18.2 Å². The summed E-state index contributed by atoms with van der Waals surface area (Å²) in [6, 6.07) is 5.72. The number of ether oxygens (including phenoxy) is 1.